The molecule has 1 N–H and O–H groups in total. The molecular formula is C18H13BrClN3S. The summed E-state index contributed by atoms with van der Waals surface area (Å²) in [6, 6.07) is 12.3. The predicted molar refractivity (Wildman–Crippen MR) is 105 cm³/mol. The number of nitrogens with zero attached hydrogens (tertiary/aromatic N) is 2. The van der Waals surface area contributed by atoms with E-state index in [1.807, 2.05) is 12.1 Å². The van der Waals surface area contributed by atoms with Crippen molar-refractivity contribution in [3.8, 4) is 0 Å². The smallest absolute Gasteiger partial charge is 0.186 e. The van der Waals surface area contributed by atoms with Crippen LogP contribution in [-0.2, 0) is 13.0 Å². The molecule has 120 valence electrons. The summed E-state index contributed by atoms with van der Waals surface area (Å²) in [5.41, 5.74) is 4.90. The molecule has 2 aromatic carbocycles. The van der Waals surface area contributed by atoms with Crippen molar-refractivity contribution in [2.45, 2.75) is 13.0 Å². The van der Waals surface area contributed by atoms with Gasteiger partial charge in [0.1, 0.15) is 0 Å². The second kappa shape index (κ2) is 5.48. The summed E-state index contributed by atoms with van der Waals surface area (Å²) in [5, 5.41) is 3.14. The lowest BCUT2D eigenvalue weighted by molar-refractivity contribution is 0.722. The highest BCUT2D eigenvalue weighted by Crippen LogP contribution is 2.35. The van der Waals surface area contributed by atoms with E-state index in [0.717, 1.165) is 39.7 Å². The van der Waals surface area contributed by atoms with E-state index >= 15 is 0 Å². The lowest BCUT2D eigenvalue weighted by atomic mass is 10.0. The molecule has 0 radical (unpaired) electrons. The van der Waals surface area contributed by atoms with Crippen LogP contribution < -0.4 is 4.90 Å². The molecule has 3 heterocycles. The number of fused-ring (bicyclic) bond motifs is 4. The highest BCUT2D eigenvalue weighted by Gasteiger charge is 2.23. The lowest BCUT2D eigenvalue weighted by Crippen LogP contribution is -2.29. The molecule has 0 fully saturated rings. The van der Waals surface area contributed by atoms with E-state index in [-0.39, 0.29) is 0 Å². The van der Waals surface area contributed by atoms with Crippen LogP contribution in [0.5, 0.6) is 0 Å². The number of benzene rings is 2. The maximum atomic E-state index is 6.16. The molecule has 2 aromatic heterocycles. The zero-order chi connectivity index (χ0) is 16.3. The van der Waals surface area contributed by atoms with Gasteiger partial charge in [-0.25, -0.2) is 4.98 Å². The largest absolute Gasteiger partial charge is 0.357 e. The average Bonchev–Trinajstić information content (AvgIpc) is 3.14. The summed E-state index contributed by atoms with van der Waals surface area (Å²) in [7, 11) is 0. The Morgan fingerprint density at radius 3 is 3.04 bits per heavy atom. The normalized spacial score (nSPS) is 14.5. The summed E-state index contributed by atoms with van der Waals surface area (Å²) in [5.74, 6) is 0. The van der Waals surface area contributed by atoms with Crippen molar-refractivity contribution < 1.29 is 0 Å². The first-order valence-corrected chi connectivity index (χ1v) is 9.76. The average molecular weight is 419 g/mol. The van der Waals surface area contributed by atoms with E-state index in [4.69, 9.17) is 16.6 Å². The Morgan fingerprint density at radius 2 is 2.12 bits per heavy atom. The van der Waals surface area contributed by atoms with Crippen LogP contribution in [0.1, 0.15) is 11.3 Å². The number of H-pyrrole nitrogens is 1. The Balaban J connectivity index is 1.54. The number of nitrogens with one attached hydrogen (secondary N) is 1. The Bertz CT molecular complexity index is 1080. The van der Waals surface area contributed by atoms with Crippen LogP contribution >= 0.6 is 38.9 Å². The molecule has 24 heavy (non-hydrogen) atoms. The van der Waals surface area contributed by atoms with Gasteiger partial charge in [-0.3, -0.25) is 0 Å². The minimum Gasteiger partial charge on any atom is -0.357 e. The zero-order valence-corrected chi connectivity index (χ0v) is 15.8. The number of anilines is 1. The molecule has 0 atom stereocenters. The highest BCUT2D eigenvalue weighted by molar-refractivity contribution is 9.10. The maximum Gasteiger partial charge on any atom is 0.186 e. The van der Waals surface area contributed by atoms with Crippen molar-refractivity contribution >= 4 is 65.1 Å². The SMILES string of the molecule is Clc1ccc2[nH]c3c(c2c1)CCN(c1nc2ccc(Br)cc2s1)C3. The van der Waals surface area contributed by atoms with Crippen molar-refractivity contribution in [1.82, 2.24) is 9.97 Å². The first-order valence-electron chi connectivity index (χ1n) is 7.77. The van der Waals surface area contributed by atoms with Gasteiger partial charge in [-0.15, -0.1) is 0 Å². The number of hydrogen-bond acceptors (Lipinski definition) is 3. The molecule has 1 aliphatic heterocycles. The van der Waals surface area contributed by atoms with Gasteiger partial charge in [-0.05, 0) is 48.4 Å². The van der Waals surface area contributed by atoms with E-state index in [1.54, 1.807) is 11.3 Å². The van der Waals surface area contributed by atoms with Gasteiger partial charge in [0.05, 0.1) is 16.8 Å². The minimum absolute atomic E-state index is 0.795. The first-order chi connectivity index (χ1) is 11.7. The van der Waals surface area contributed by atoms with Gasteiger partial charge < -0.3 is 9.88 Å². The third kappa shape index (κ3) is 2.34. The molecular weight excluding hydrogens is 406 g/mol. The van der Waals surface area contributed by atoms with Crippen molar-refractivity contribution in [2.75, 3.05) is 11.4 Å². The Kier molecular flexibility index (Phi) is 3.37. The molecule has 0 saturated heterocycles. The number of hydrogen-bond donors (Lipinski definition) is 1. The summed E-state index contributed by atoms with van der Waals surface area (Å²) in [6.45, 7) is 1.84. The molecule has 0 bridgehead atoms. The van der Waals surface area contributed by atoms with Gasteiger partial charge in [0.25, 0.3) is 0 Å². The first kappa shape index (κ1) is 14.8. The molecule has 0 saturated carbocycles. The number of halogens is 2. The second-order valence-corrected chi connectivity index (χ2v) is 8.41. The molecule has 0 unspecified atom stereocenters. The fraction of sp³-hybridized carbons (Fsp3) is 0.167. The molecule has 3 nitrogen and oxygen atoms in total. The number of aromatic nitrogens is 2. The fourth-order valence-electron chi connectivity index (χ4n) is 3.40. The number of aromatic amines is 1. The van der Waals surface area contributed by atoms with E-state index in [1.165, 1.54) is 26.9 Å². The van der Waals surface area contributed by atoms with Gasteiger partial charge >= 0.3 is 0 Å². The zero-order valence-electron chi connectivity index (χ0n) is 12.6. The van der Waals surface area contributed by atoms with Crippen LogP contribution in [0.25, 0.3) is 21.1 Å². The van der Waals surface area contributed by atoms with Crippen LogP contribution in [0, 0.1) is 0 Å². The van der Waals surface area contributed by atoms with Crippen molar-refractivity contribution in [2.24, 2.45) is 0 Å². The standard InChI is InChI=1S/C18H13BrClN3S/c19-10-1-3-15-17(7-10)24-18(22-15)23-6-5-12-13-8-11(20)2-4-14(13)21-16(12)9-23/h1-4,7-8,21H,5-6,9H2. The van der Waals surface area contributed by atoms with Gasteiger partial charge in [-0.1, -0.05) is 38.9 Å². The second-order valence-electron chi connectivity index (χ2n) is 6.05. The summed E-state index contributed by atoms with van der Waals surface area (Å²) >= 11 is 11.4. The summed E-state index contributed by atoms with van der Waals surface area (Å²) < 4.78 is 2.31. The molecule has 4 aromatic rings. The van der Waals surface area contributed by atoms with E-state index in [0.29, 0.717) is 0 Å². The Labute approximate surface area is 156 Å². The van der Waals surface area contributed by atoms with Gasteiger partial charge in [0.15, 0.2) is 5.13 Å². The van der Waals surface area contributed by atoms with E-state index in [9.17, 15) is 0 Å². The lowest BCUT2D eigenvalue weighted by Gasteiger charge is -2.26. The monoisotopic (exact) mass is 417 g/mol. The maximum absolute atomic E-state index is 6.16. The van der Waals surface area contributed by atoms with Gasteiger partial charge in [-0.2, -0.15) is 0 Å². The highest BCUT2D eigenvalue weighted by atomic mass is 79.9. The fourth-order valence-corrected chi connectivity index (χ4v) is 5.11. The van der Waals surface area contributed by atoms with E-state index in [2.05, 4.69) is 50.1 Å². The topological polar surface area (TPSA) is 31.9 Å². The molecule has 1 aliphatic rings. The summed E-state index contributed by atoms with van der Waals surface area (Å²) in [4.78, 5) is 10.7. The molecule has 5 rings (SSSR count). The molecule has 0 aliphatic carbocycles. The predicted octanol–water partition coefficient (Wildman–Crippen LogP) is 5.76. The Hall–Kier alpha value is -1.56. The summed E-state index contributed by atoms with van der Waals surface area (Å²) in [6.07, 6.45) is 1.01. The molecule has 0 amide bonds. The number of rotatable bonds is 1. The Morgan fingerprint density at radius 1 is 1.21 bits per heavy atom. The van der Waals surface area contributed by atoms with Crippen molar-refractivity contribution in [3.05, 3.63) is 57.2 Å². The number of thiazole rings is 1. The molecule has 0 spiro atoms. The minimum atomic E-state index is 0.795. The van der Waals surface area contributed by atoms with Gasteiger partial charge in [0.2, 0.25) is 0 Å². The third-order valence-corrected chi connectivity index (χ3v) is 6.35. The van der Waals surface area contributed by atoms with Crippen molar-refractivity contribution in [3.63, 3.8) is 0 Å². The third-order valence-electron chi connectivity index (χ3n) is 4.55. The van der Waals surface area contributed by atoms with Crippen LogP contribution in [-0.4, -0.2) is 16.5 Å². The van der Waals surface area contributed by atoms with Crippen LogP contribution in [0.3, 0.4) is 0 Å². The molecule has 6 heteroatoms. The van der Waals surface area contributed by atoms with E-state index < -0.39 is 0 Å². The van der Waals surface area contributed by atoms with Crippen LogP contribution in [0.2, 0.25) is 5.02 Å². The van der Waals surface area contributed by atoms with Crippen LogP contribution in [0.15, 0.2) is 40.9 Å². The quantitative estimate of drug-likeness (QED) is 0.426. The van der Waals surface area contributed by atoms with Crippen molar-refractivity contribution in [1.29, 1.82) is 0 Å². The van der Waals surface area contributed by atoms with Gasteiger partial charge in [0, 0.05) is 32.6 Å². The van der Waals surface area contributed by atoms with Crippen LogP contribution in [0.4, 0.5) is 5.13 Å².